The molecule has 1 heterocycles. The smallest absolute Gasteiger partial charge is 0.416 e. The summed E-state index contributed by atoms with van der Waals surface area (Å²) in [6.07, 6.45) is -4.47. The minimum Gasteiger partial charge on any atom is -0.497 e. The summed E-state index contributed by atoms with van der Waals surface area (Å²) in [6.45, 7) is -0.424. The van der Waals surface area contributed by atoms with E-state index in [0.717, 1.165) is 28.9 Å². The highest BCUT2D eigenvalue weighted by Crippen LogP contribution is 2.32. The van der Waals surface area contributed by atoms with Crippen molar-refractivity contribution in [1.82, 2.24) is 9.78 Å². The van der Waals surface area contributed by atoms with Crippen LogP contribution in [0.2, 0.25) is 0 Å². The number of nitrogens with one attached hydrogen (secondary N) is 1. The first-order valence-corrected chi connectivity index (χ1v) is 8.99. The molecular formula is C21H18F3N3O4. The molecule has 3 aromatic rings. The summed E-state index contributed by atoms with van der Waals surface area (Å²) in [5.74, 6) is 0.421. The number of carbonyl (C=O) groups is 1. The third kappa shape index (κ3) is 5.21. The van der Waals surface area contributed by atoms with Gasteiger partial charge in [-0.3, -0.25) is 9.59 Å². The molecule has 0 aliphatic rings. The summed E-state index contributed by atoms with van der Waals surface area (Å²) in [5.41, 5.74) is -0.205. The van der Waals surface area contributed by atoms with Crippen LogP contribution in [0, 0.1) is 0 Å². The van der Waals surface area contributed by atoms with Crippen molar-refractivity contribution >= 4 is 11.6 Å². The van der Waals surface area contributed by atoms with E-state index in [1.165, 1.54) is 26.4 Å². The van der Waals surface area contributed by atoms with Gasteiger partial charge in [-0.25, -0.2) is 4.68 Å². The summed E-state index contributed by atoms with van der Waals surface area (Å²) >= 11 is 0. The highest BCUT2D eigenvalue weighted by Gasteiger charge is 2.30. The lowest BCUT2D eigenvalue weighted by molar-refractivity contribution is -0.137. The van der Waals surface area contributed by atoms with Gasteiger partial charge in [0.15, 0.2) is 0 Å². The maximum absolute atomic E-state index is 12.6. The Bertz CT molecular complexity index is 1140. The van der Waals surface area contributed by atoms with Crippen molar-refractivity contribution in [3.05, 3.63) is 70.5 Å². The van der Waals surface area contributed by atoms with Gasteiger partial charge in [0.25, 0.3) is 5.56 Å². The van der Waals surface area contributed by atoms with Crippen LogP contribution in [0.25, 0.3) is 11.3 Å². The molecule has 2 aromatic carbocycles. The molecule has 0 aliphatic heterocycles. The molecule has 0 bridgehead atoms. The zero-order valence-electron chi connectivity index (χ0n) is 16.6. The van der Waals surface area contributed by atoms with Gasteiger partial charge in [-0.05, 0) is 42.5 Å². The maximum Gasteiger partial charge on any atom is 0.416 e. The van der Waals surface area contributed by atoms with Crippen LogP contribution in [0.5, 0.6) is 11.5 Å². The van der Waals surface area contributed by atoms with E-state index in [2.05, 4.69) is 10.4 Å². The zero-order chi connectivity index (χ0) is 22.6. The molecule has 0 fully saturated rings. The Morgan fingerprint density at radius 3 is 2.35 bits per heavy atom. The molecule has 0 saturated carbocycles. The zero-order valence-corrected chi connectivity index (χ0v) is 16.6. The number of ether oxygens (including phenoxy) is 2. The predicted molar refractivity (Wildman–Crippen MR) is 107 cm³/mol. The number of hydrogen-bond acceptors (Lipinski definition) is 5. The molecule has 0 aliphatic carbocycles. The van der Waals surface area contributed by atoms with E-state index in [4.69, 9.17) is 9.47 Å². The van der Waals surface area contributed by atoms with Gasteiger partial charge in [-0.15, -0.1) is 0 Å². The summed E-state index contributed by atoms with van der Waals surface area (Å²) in [4.78, 5) is 24.4. The molecule has 7 nitrogen and oxygen atoms in total. The Balaban J connectivity index is 1.80. The number of nitrogens with zero attached hydrogens (tertiary/aromatic N) is 2. The number of aromatic nitrogens is 2. The minimum absolute atomic E-state index is 0.166. The third-order valence-electron chi connectivity index (χ3n) is 4.34. The monoisotopic (exact) mass is 433 g/mol. The lowest BCUT2D eigenvalue weighted by Crippen LogP contribution is -2.29. The van der Waals surface area contributed by atoms with Crippen LogP contribution < -0.4 is 20.3 Å². The first-order valence-electron chi connectivity index (χ1n) is 8.99. The molecule has 0 spiro atoms. The Morgan fingerprint density at radius 1 is 1.03 bits per heavy atom. The molecule has 0 radical (unpaired) electrons. The van der Waals surface area contributed by atoms with Crippen LogP contribution in [-0.4, -0.2) is 29.9 Å². The Morgan fingerprint density at radius 2 is 1.74 bits per heavy atom. The Labute approximate surface area is 175 Å². The van der Waals surface area contributed by atoms with Crippen molar-refractivity contribution < 1.29 is 27.4 Å². The van der Waals surface area contributed by atoms with E-state index in [-0.39, 0.29) is 5.69 Å². The van der Waals surface area contributed by atoms with Gasteiger partial charge >= 0.3 is 6.18 Å². The van der Waals surface area contributed by atoms with Gasteiger partial charge < -0.3 is 14.8 Å². The number of amides is 1. The van der Waals surface area contributed by atoms with Crippen molar-refractivity contribution in [2.75, 3.05) is 19.5 Å². The van der Waals surface area contributed by atoms with Gasteiger partial charge in [0, 0.05) is 23.4 Å². The second kappa shape index (κ2) is 8.90. The van der Waals surface area contributed by atoms with Crippen molar-refractivity contribution in [2.24, 2.45) is 0 Å². The summed E-state index contributed by atoms with van der Waals surface area (Å²) in [7, 11) is 2.99. The van der Waals surface area contributed by atoms with Crippen LogP contribution in [0.15, 0.2) is 59.4 Å². The second-order valence-electron chi connectivity index (χ2n) is 6.40. The fraction of sp³-hybridized carbons (Fsp3) is 0.190. The quantitative estimate of drug-likeness (QED) is 0.643. The maximum atomic E-state index is 12.6. The fourth-order valence-corrected chi connectivity index (χ4v) is 2.80. The topological polar surface area (TPSA) is 82.5 Å². The normalized spacial score (nSPS) is 11.1. The van der Waals surface area contributed by atoms with E-state index in [0.29, 0.717) is 22.8 Å². The average molecular weight is 433 g/mol. The van der Waals surface area contributed by atoms with Crippen LogP contribution >= 0.6 is 0 Å². The Kier molecular flexibility index (Phi) is 6.28. The highest BCUT2D eigenvalue weighted by molar-refractivity contribution is 5.90. The molecular weight excluding hydrogens is 415 g/mol. The number of alkyl halides is 3. The number of halogens is 3. The molecule has 1 N–H and O–H groups in total. The molecule has 0 atom stereocenters. The van der Waals surface area contributed by atoms with Crippen molar-refractivity contribution in [3.63, 3.8) is 0 Å². The first kappa shape index (κ1) is 21.9. The fourth-order valence-electron chi connectivity index (χ4n) is 2.80. The van der Waals surface area contributed by atoms with Gasteiger partial charge in [0.1, 0.15) is 18.0 Å². The predicted octanol–water partition coefficient (Wildman–Crippen LogP) is 3.59. The highest BCUT2D eigenvalue weighted by atomic mass is 19.4. The van der Waals surface area contributed by atoms with Gasteiger partial charge in [0.05, 0.1) is 25.5 Å². The van der Waals surface area contributed by atoms with E-state index in [9.17, 15) is 22.8 Å². The SMILES string of the molecule is COc1ccc(-c2ccc(=O)n(CC(=O)Nc3ccc(C(F)(F)F)cc3)n2)c(OC)c1. The van der Waals surface area contributed by atoms with Crippen LogP contribution in [0.3, 0.4) is 0 Å². The summed E-state index contributed by atoms with van der Waals surface area (Å²) < 4.78 is 49.4. The lowest BCUT2D eigenvalue weighted by atomic mass is 10.1. The number of hydrogen-bond donors (Lipinski definition) is 1. The number of anilines is 1. The second-order valence-corrected chi connectivity index (χ2v) is 6.40. The number of rotatable bonds is 6. The van der Waals surface area contributed by atoms with E-state index < -0.39 is 29.8 Å². The van der Waals surface area contributed by atoms with Gasteiger partial charge in [-0.1, -0.05) is 0 Å². The third-order valence-corrected chi connectivity index (χ3v) is 4.34. The molecule has 1 aromatic heterocycles. The number of carbonyl (C=O) groups excluding carboxylic acids is 1. The molecule has 10 heteroatoms. The van der Waals surface area contributed by atoms with Crippen LogP contribution in [0.1, 0.15) is 5.56 Å². The molecule has 1 amide bonds. The molecule has 3 rings (SSSR count). The van der Waals surface area contributed by atoms with Crippen LogP contribution in [0.4, 0.5) is 18.9 Å². The van der Waals surface area contributed by atoms with Gasteiger partial charge in [0.2, 0.25) is 5.91 Å². The standard InChI is InChI=1S/C21H18F3N3O4/c1-30-15-7-8-16(18(11-15)31-2)17-9-10-20(29)27(26-17)12-19(28)25-14-5-3-13(4-6-14)21(22,23)24/h3-11H,12H2,1-2H3,(H,25,28). The largest absolute Gasteiger partial charge is 0.497 e. The van der Waals surface area contributed by atoms with Gasteiger partial charge in [-0.2, -0.15) is 18.3 Å². The van der Waals surface area contributed by atoms with E-state index in [1.807, 2.05) is 0 Å². The molecule has 162 valence electrons. The number of methoxy groups -OCH3 is 2. The Hall–Kier alpha value is -3.82. The summed E-state index contributed by atoms with van der Waals surface area (Å²) in [5, 5.41) is 6.65. The number of benzene rings is 2. The van der Waals surface area contributed by atoms with Crippen molar-refractivity contribution in [1.29, 1.82) is 0 Å². The average Bonchev–Trinajstić information content (AvgIpc) is 2.74. The van der Waals surface area contributed by atoms with E-state index in [1.54, 1.807) is 18.2 Å². The first-order chi connectivity index (χ1) is 14.7. The molecule has 0 unspecified atom stereocenters. The molecule has 31 heavy (non-hydrogen) atoms. The van der Waals surface area contributed by atoms with Crippen molar-refractivity contribution in [2.45, 2.75) is 12.7 Å². The minimum atomic E-state index is -4.47. The summed E-state index contributed by atoms with van der Waals surface area (Å²) in [6, 6.07) is 11.8. The lowest BCUT2D eigenvalue weighted by Gasteiger charge is -2.12. The van der Waals surface area contributed by atoms with E-state index >= 15 is 0 Å². The molecule has 0 saturated heterocycles. The van der Waals surface area contributed by atoms with Crippen molar-refractivity contribution in [3.8, 4) is 22.8 Å². The van der Waals surface area contributed by atoms with Crippen LogP contribution in [-0.2, 0) is 17.5 Å².